The summed E-state index contributed by atoms with van der Waals surface area (Å²) < 4.78 is 0. The molecule has 0 aromatic heterocycles. The van der Waals surface area contributed by atoms with Gasteiger partial charge in [0, 0.05) is 5.41 Å². The Morgan fingerprint density at radius 1 is 1.57 bits per heavy atom. The lowest BCUT2D eigenvalue weighted by atomic mass is 9.76. The first-order chi connectivity index (χ1) is 6.52. The number of nitrogens with zero attached hydrogens (tertiary/aromatic N) is 1. The Balaban J connectivity index is 2.51. The standard InChI is InChI=1S/C10H17NO3/c1-10(2)6-4-3-5-8(10)11-14-7-9(12)13/h3-7H2,1-2H3,(H,12,13)/b11-8+. The maximum absolute atomic E-state index is 10.2. The molecule has 0 spiro atoms. The Kier molecular flexibility index (Phi) is 3.49. The van der Waals surface area contributed by atoms with E-state index >= 15 is 0 Å². The SMILES string of the molecule is CC1(C)CCCC/C1=N\OCC(=O)O. The second-order valence-corrected chi connectivity index (χ2v) is 4.30. The Morgan fingerprint density at radius 2 is 2.29 bits per heavy atom. The van der Waals surface area contributed by atoms with Crippen LogP contribution in [-0.2, 0) is 9.63 Å². The molecule has 4 heteroatoms. The molecule has 0 atom stereocenters. The number of hydrogen-bond acceptors (Lipinski definition) is 3. The van der Waals surface area contributed by atoms with Crippen LogP contribution in [0.25, 0.3) is 0 Å². The number of hydrogen-bond donors (Lipinski definition) is 1. The summed E-state index contributed by atoms with van der Waals surface area (Å²) in [5.41, 5.74) is 1.06. The fraction of sp³-hybridized carbons (Fsp3) is 0.800. The number of rotatable bonds is 3. The number of aliphatic carboxylic acids is 1. The molecule has 0 radical (unpaired) electrons. The molecule has 1 aliphatic carbocycles. The molecule has 0 aromatic carbocycles. The van der Waals surface area contributed by atoms with E-state index in [9.17, 15) is 4.79 Å². The molecule has 0 heterocycles. The molecule has 1 N–H and O–H groups in total. The fourth-order valence-corrected chi connectivity index (χ4v) is 1.68. The molecule has 1 rings (SSSR count). The zero-order valence-electron chi connectivity index (χ0n) is 8.75. The number of oxime groups is 1. The lowest BCUT2D eigenvalue weighted by Crippen LogP contribution is -2.28. The third-order valence-electron chi connectivity index (χ3n) is 2.61. The highest BCUT2D eigenvalue weighted by molar-refractivity contribution is 5.89. The Bertz CT molecular complexity index is 246. The quantitative estimate of drug-likeness (QED) is 0.707. The Hall–Kier alpha value is -1.06. The van der Waals surface area contributed by atoms with Gasteiger partial charge in [-0.05, 0) is 19.3 Å². The monoisotopic (exact) mass is 199 g/mol. The van der Waals surface area contributed by atoms with Gasteiger partial charge in [-0.3, -0.25) is 0 Å². The molecule has 0 unspecified atom stereocenters. The highest BCUT2D eigenvalue weighted by Crippen LogP contribution is 2.32. The number of carbonyl (C=O) groups is 1. The van der Waals surface area contributed by atoms with E-state index in [1.54, 1.807) is 0 Å². The van der Waals surface area contributed by atoms with Crippen LogP contribution in [0.1, 0.15) is 39.5 Å². The zero-order valence-corrected chi connectivity index (χ0v) is 8.75. The average Bonchev–Trinajstić information content (AvgIpc) is 2.07. The molecule has 0 aliphatic heterocycles. The van der Waals surface area contributed by atoms with Crippen LogP contribution in [0.3, 0.4) is 0 Å². The Morgan fingerprint density at radius 3 is 2.86 bits per heavy atom. The van der Waals surface area contributed by atoms with E-state index in [0.717, 1.165) is 25.0 Å². The van der Waals surface area contributed by atoms with Gasteiger partial charge >= 0.3 is 5.97 Å². The van der Waals surface area contributed by atoms with Crippen molar-refractivity contribution in [2.75, 3.05) is 6.61 Å². The Labute approximate surface area is 83.9 Å². The highest BCUT2D eigenvalue weighted by Gasteiger charge is 2.28. The molecule has 4 nitrogen and oxygen atoms in total. The van der Waals surface area contributed by atoms with Crippen LogP contribution in [0, 0.1) is 5.41 Å². The van der Waals surface area contributed by atoms with Crippen LogP contribution in [0.4, 0.5) is 0 Å². The summed E-state index contributed by atoms with van der Waals surface area (Å²) in [5, 5.41) is 12.3. The third kappa shape index (κ3) is 3.01. The smallest absolute Gasteiger partial charge is 0.344 e. The van der Waals surface area contributed by atoms with Gasteiger partial charge in [-0.25, -0.2) is 4.79 Å². The van der Waals surface area contributed by atoms with Gasteiger partial charge < -0.3 is 9.94 Å². The van der Waals surface area contributed by atoms with Gasteiger partial charge in [0.1, 0.15) is 0 Å². The molecule has 1 saturated carbocycles. The number of carboxylic acids is 1. The third-order valence-corrected chi connectivity index (χ3v) is 2.61. The molecule has 1 aliphatic rings. The minimum Gasteiger partial charge on any atom is -0.479 e. The minimum atomic E-state index is -0.983. The predicted molar refractivity (Wildman–Crippen MR) is 53.3 cm³/mol. The van der Waals surface area contributed by atoms with Crippen molar-refractivity contribution >= 4 is 11.7 Å². The summed E-state index contributed by atoms with van der Waals surface area (Å²) >= 11 is 0. The van der Waals surface area contributed by atoms with E-state index in [-0.39, 0.29) is 12.0 Å². The van der Waals surface area contributed by atoms with Crippen molar-refractivity contribution in [2.45, 2.75) is 39.5 Å². The zero-order chi connectivity index (χ0) is 10.6. The number of carboxylic acid groups (broad SMARTS) is 1. The van der Waals surface area contributed by atoms with Gasteiger partial charge in [0.15, 0.2) is 0 Å². The van der Waals surface area contributed by atoms with E-state index in [1.807, 2.05) is 0 Å². The maximum Gasteiger partial charge on any atom is 0.344 e. The van der Waals surface area contributed by atoms with Crippen LogP contribution in [0.5, 0.6) is 0 Å². The van der Waals surface area contributed by atoms with Gasteiger partial charge in [0.05, 0.1) is 5.71 Å². The van der Waals surface area contributed by atoms with Crippen molar-refractivity contribution < 1.29 is 14.7 Å². The van der Waals surface area contributed by atoms with E-state index < -0.39 is 5.97 Å². The molecular formula is C10H17NO3. The summed E-state index contributed by atoms with van der Waals surface area (Å²) in [6, 6.07) is 0. The van der Waals surface area contributed by atoms with E-state index in [4.69, 9.17) is 9.94 Å². The summed E-state index contributed by atoms with van der Waals surface area (Å²) in [7, 11) is 0. The molecule has 0 bridgehead atoms. The van der Waals surface area contributed by atoms with E-state index in [0.29, 0.717) is 0 Å². The molecule has 0 aromatic rings. The highest BCUT2D eigenvalue weighted by atomic mass is 16.6. The van der Waals surface area contributed by atoms with Crippen LogP contribution >= 0.6 is 0 Å². The van der Waals surface area contributed by atoms with Crippen molar-refractivity contribution in [3.63, 3.8) is 0 Å². The molecule has 1 fully saturated rings. The molecule has 0 saturated heterocycles. The van der Waals surface area contributed by atoms with Crippen molar-refractivity contribution in [3.05, 3.63) is 0 Å². The predicted octanol–water partition coefficient (Wildman–Crippen LogP) is 2.04. The average molecular weight is 199 g/mol. The minimum absolute atomic E-state index is 0.0662. The van der Waals surface area contributed by atoms with Crippen molar-refractivity contribution in [2.24, 2.45) is 10.6 Å². The summed E-state index contributed by atoms with van der Waals surface area (Å²) in [6.07, 6.45) is 4.36. The lowest BCUT2D eigenvalue weighted by Gasteiger charge is -2.30. The second-order valence-electron chi connectivity index (χ2n) is 4.30. The topological polar surface area (TPSA) is 58.9 Å². The van der Waals surface area contributed by atoms with Gasteiger partial charge in [-0.1, -0.05) is 25.4 Å². The van der Waals surface area contributed by atoms with Crippen molar-refractivity contribution in [3.8, 4) is 0 Å². The largest absolute Gasteiger partial charge is 0.479 e. The van der Waals surface area contributed by atoms with Gasteiger partial charge in [0.25, 0.3) is 0 Å². The summed E-state index contributed by atoms with van der Waals surface area (Å²) in [5.74, 6) is -0.983. The van der Waals surface area contributed by atoms with Crippen LogP contribution in [0.15, 0.2) is 5.16 Å². The van der Waals surface area contributed by atoms with Crippen LogP contribution in [0.2, 0.25) is 0 Å². The van der Waals surface area contributed by atoms with E-state index in [2.05, 4.69) is 19.0 Å². The van der Waals surface area contributed by atoms with Crippen molar-refractivity contribution in [1.82, 2.24) is 0 Å². The second kappa shape index (κ2) is 4.44. The normalized spacial score (nSPS) is 23.4. The molecule has 14 heavy (non-hydrogen) atoms. The van der Waals surface area contributed by atoms with Gasteiger partial charge in [0.2, 0.25) is 6.61 Å². The summed E-state index contributed by atoms with van der Waals surface area (Å²) in [4.78, 5) is 15.0. The molecular weight excluding hydrogens is 182 g/mol. The van der Waals surface area contributed by atoms with Crippen LogP contribution in [-0.4, -0.2) is 23.4 Å². The molecule has 80 valence electrons. The maximum atomic E-state index is 10.2. The van der Waals surface area contributed by atoms with Crippen molar-refractivity contribution in [1.29, 1.82) is 0 Å². The first kappa shape index (κ1) is 11.0. The first-order valence-electron chi connectivity index (χ1n) is 4.93. The fourth-order valence-electron chi connectivity index (χ4n) is 1.68. The molecule has 0 amide bonds. The van der Waals surface area contributed by atoms with Crippen LogP contribution < -0.4 is 0 Å². The first-order valence-corrected chi connectivity index (χ1v) is 4.93. The summed E-state index contributed by atoms with van der Waals surface area (Å²) in [6.45, 7) is 3.89. The van der Waals surface area contributed by atoms with Gasteiger partial charge in [-0.2, -0.15) is 0 Å². The van der Waals surface area contributed by atoms with E-state index in [1.165, 1.54) is 6.42 Å². The van der Waals surface area contributed by atoms with Gasteiger partial charge in [-0.15, -0.1) is 0 Å². The lowest BCUT2D eigenvalue weighted by molar-refractivity contribution is -0.142.